The summed E-state index contributed by atoms with van der Waals surface area (Å²) in [6.07, 6.45) is 0.549. The maximum absolute atomic E-state index is 12.5. The zero-order valence-electron chi connectivity index (χ0n) is 12.3. The van der Waals surface area contributed by atoms with Crippen LogP contribution in [0.15, 0.2) is 54.6 Å². The van der Waals surface area contributed by atoms with Crippen LogP contribution >= 0.6 is 23.8 Å². The molecule has 0 aliphatic rings. The molecule has 0 atom stereocenters. The Balaban J connectivity index is 2.09. The van der Waals surface area contributed by atoms with E-state index in [1.54, 1.807) is 24.3 Å². The summed E-state index contributed by atoms with van der Waals surface area (Å²) in [5, 5.41) is 8.18. The van der Waals surface area contributed by atoms with Crippen LogP contribution in [0.2, 0.25) is 5.02 Å². The molecule has 0 bridgehead atoms. The highest BCUT2D eigenvalue weighted by Gasteiger charge is 2.19. The molecule has 1 amide bonds. The van der Waals surface area contributed by atoms with E-state index >= 15 is 0 Å². The second-order valence-electron chi connectivity index (χ2n) is 4.98. The van der Waals surface area contributed by atoms with Gasteiger partial charge in [-0.25, -0.2) is 0 Å². The molecule has 0 fully saturated rings. The van der Waals surface area contributed by atoms with Crippen LogP contribution in [0.5, 0.6) is 0 Å². The highest BCUT2D eigenvalue weighted by atomic mass is 35.5. The van der Waals surface area contributed by atoms with Crippen LogP contribution < -0.4 is 5.73 Å². The Kier molecular flexibility index (Phi) is 5.84. The molecule has 0 spiro atoms. The molecule has 0 radical (unpaired) electrons. The second-order valence-corrected chi connectivity index (χ2v) is 6.00. The fourth-order valence-electron chi connectivity index (χ4n) is 2.07. The minimum absolute atomic E-state index is 0.126. The zero-order valence-corrected chi connectivity index (χ0v) is 13.9. The van der Waals surface area contributed by atoms with Crippen molar-refractivity contribution in [3.63, 3.8) is 0 Å². The number of hydrogen-bond acceptors (Lipinski definition) is 3. The molecule has 0 saturated carbocycles. The first-order chi connectivity index (χ1) is 11.0. The average Bonchev–Trinajstić information content (AvgIpc) is 2.53. The first-order valence-electron chi connectivity index (χ1n) is 6.94. The maximum Gasteiger partial charge on any atom is 0.260 e. The van der Waals surface area contributed by atoms with E-state index in [1.165, 1.54) is 0 Å². The molecule has 118 valence electrons. The fourth-order valence-corrected chi connectivity index (χ4v) is 2.49. The zero-order chi connectivity index (χ0) is 16.8. The standard InChI is InChI=1S/C17H16ClN3OS/c18-14-8-6-13(7-9-14)16(22)21(17(19)20)11-15(23)10-12-4-2-1-3-5-12/h1-9H,10-11H2,(H3,19,20). The predicted octanol–water partition coefficient (Wildman–Crippen LogP) is 3.29. The van der Waals surface area contributed by atoms with Crippen molar-refractivity contribution in [3.05, 3.63) is 70.7 Å². The number of benzene rings is 2. The molecule has 2 aromatic carbocycles. The van der Waals surface area contributed by atoms with Gasteiger partial charge in [-0.3, -0.25) is 15.1 Å². The van der Waals surface area contributed by atoms with Crippen LogP contribution in [0.3, 0.4) is 0 Å². The van der Waals surface area contributed by atoms with Crippen LogP contribution in [0, 0.1) is 5.41 Å². The number of rotatable bonds is 5. The Morgan fingerprint density at radius 3 is 2.30 bits per heavy atom. The van der Waals surface area contributed by atoms with Crippen molar-refractivity contribution in [2.24, 2.45) is 5.73 Å². The van der Waals surface area contributed by atoms with Crippen molar-refractivity contribution < 1.29 is 4.79 Å². The van der Waals surface area contributed by atoms with Gasteiger partial charge >= 0.3 is 0 Å². The van der Waals surface area contributed by atoms with Crippen molar-refractivity contribution in [1.82, 2.24) is 4.90 Å². The highest BCUT2D eigenvalue weighted by molar-refractivity contribution is 7.80. The SMILES string of the molecule is N=C(N)N(CC(=S)Cc1ccccc1)C(=O)c1ccc(Cl)cc1. The normalized spacial score (nSPS) is 10.1. The van der Waals surface area contributed by atoms with Crippen molar-refractivity contribution in [2.75, 3.05) is 6.54 Å². The number of halogens is 1. The number of carbonyl (C=O) groups is 1. The van der Waals surface area contributed by atoms with Gasteiger partial charge in [0, 0.05) is 21.9 Å². The number of thiocarbonyl (C=S) groups is 1. The summed E-state index contributed by atoms with van der Waals surface area (Å²) in [5.74, 6) is -0.704. The summed E-state index contributed by atoms with van der Waals surface area (Å²) in [4.78, 5) is 14.3. The molecule has 23 heavy (non-hydrogen) atoms. The number of carbonyl (C=O) groups excluding carboxylic acids is 1. The van der Waals surface area contributed by atoms with Gasteiger partial charge in [-0.2, -0.15) is 0 Å². The van der Waals surface area contributed by atoms with Gasteiger partial charge in [0.2, 0.25) is 0 Å². The topological polar surface area (TPSA) is 70.2 Å². The van der Waals surface area contributed by atoms with E-state index < -0.39 is 0 Å². The molecule has 0 aromatic heterocycles. The molecule has 0 unspecified atom stereocenters. The average molecular weight is 346 g/mol. The number of nitrogens with two attached hydrogens (primary N) is 1. The molecule has 6 heteroatoms. The molecule has 0 saturated heterocycles. The molecule has 2 aromatic rings. The Morgan fingerprint density at radius 2 is 1.74 bits per heavy atom. The number of nitrogens with zero attached hydrogens (tertiary/aromatic N) is 1. The van der Waals surface area contributed by atoms with Gasteiger partial charge in [-0.15, -0.1) is 0 Å². The lowest BCUT2D eigenvalue weighted by Gasteiger charge is -2.21. The van der Waals surface area contributed by atoms with Gasteiger partial charge in [-0.1, -0.05) is 54.2 Å². The molecule has 2 rings (SSSR count). The van der Waals surface area contributed by atoms with E-state index in [0.717, 1.165) is 10.5 Å². The molecular weight excluding hydrogens is 330 g/mol. The van der Waals surface area contributed by atoms with E-state index in [4.69, 9.17) is 35.0 Å². The Labute approximate surface area is 145 Å². The minimum atomic E-state index is -0.371. The first kappa shape index (κ1) is 17.1. The van der Waals surface area contributed by atoms with Gasteiger partial charge < -0.3 is 5.73 Å². The molecule has 0 aliphatic heterocycles. The number of guanidine groups is 1. The van der Waals surface area contributed by atoms with E-state index in [2.05, 4.69) is 0 Å². The lowest BCUT2D eigenvalue weighted by molar-refractivity contribution is 0.0859. The lowest BCUT2D eigenvalue weighted by Crippen LogP contribution is -2.44. The number of hydrogen-bond donors (Lipinski definition) is 2. The van der Waals surface area contributed by atoms with E-state index in [-0.39, 0.29) is 18.4 Å². The van der Waals surface area contributed by atoms with Crippen molar-refractivity contribution >= 4 is 40.6 Å². The fraction of sp³-hybridized carbons (Fsp3) is 0.118. The third-order valence-corrected chi connectivity index (χ3v) is 3.73. The smallest absolute Gasteiger partial charge is 0.260 e. The van der Waals surface area contributed by atoms with E-state index in [1.807, 2.05) is 30.3 Å². The number of amides is 1. The summed E-state index contributed by atoms with van der Waals surface area (Å²) in [6, 6.07) is 16.2. The van der Waals surface area contributed by atoms with Crippen LogP contribution in [0.4, 0.5) is 0 Å². The van der Waals surface area contributed by atoms with E-state index in [0.29, 0.717) is 21.9 Å². The van der Waals surface area contributed by atoms with Crippen molar-refractivity contribution in [2.45, 2.75) is 6.42 Å². The summed E-state index contributed by atoms with van der Waals surface area (Å²) in [7, 11) is 0. The van der Waals surface area contributed by atoms with Crippen LogP contribution in [0.1, 0.15) is 15.9 Å². The first-order valence-corrected chi connectivity index (χ1v) is 7.73. The molecule has 3 N–H and O–H groups in total. The van der Waals surface area contributed by atoms with Crippen LogP contribution in [-0.2, 0) is 6.42 Å². The van der Waals surface area contributed by atoms with Crippen molar-refractivity contribution in [1.29, 1.82) is 5.41 Å². The molecule has 4 nitrogen and oxygen atoms in total. The van der Waals surface area contributed by atoms with Crippen LogP contribution in [0.25, 0.3) is 0 Å². The number of nitrogens with one attached hydrogen (secondary N) is 1. The quantitative estimate of drug-likeness (QED) is 0.496. The Bertz CT molecular complexity index is 716. The summed E-state index contributed by atoms with van der Waals surface area (Å²) in [5.41, 5.74) is 7.01. The monoisotopic (exact) mass is 345 g/mol. The van der Waals surface area contributed by atoms with Gasteiger partial charge in [0.05, 0.1) is 6.54 Å². The maximum atomic E-state index is 12.5. The van der Waals surface area contributed by atoms with Gasteiger partial charge in [0.25, 0.3) is 5.91 Å². The van der Waals surface area contributed by atoms with Gasteiger partial charge in [0.15, 0.2) is 5.96 Å². The van der Waals surface area contributed by atoms with Crippen molar-refractivity contribution in [3.8, 4) is 0 Å². The Hall–Kier alpha value is -2.24. The predicted molar refractivity (Wildman–Crippen MR) is 97.1 cm³/mol. The van der Waals surface area contributed by atoms with Gasteiger partial charge in [-0.05, 0) is 29.8 Å². The Morgan fingerprint density at radius 1 is 1.13 bits per heavy atom. The molecule has 0 aliphatic carbocycles. The summed E-state index contributed by atoms with van der Waals surface area (Å²) >= 11 is 11.2. The second kappa shape index (κ2) is 7.85. The molecular formula is C17H16ClN3OS. The molecule has 0 heterocycles. The minimum Gasteiger partial charge on any atom is -0.370 e. The lowest BCUT2D eigenvalue weighted by atomic mass is 10.1. The summed E-state index contributed by atoms with van der Waals surface area (Å²) < 4.78 is 0. The van der Waals surface area contributed by atoms with Gasteiger partial charge in [0.1, 0.15) is 0 Å². The van der Waals surface area contributed by atoms with E-state index in [9.17, 15) is 4.79 Å². The third-order valence-electron chi connectivity index (χ3n) is 3.21. The highest BCUT2D eigenvalue weighted by Crippen LogP contribution is 2.12. The largest absolute Gasteiger partial charge is 0.370 e. The third kappa shape index (κ3) is 4.87. The van der Waals surface area contributed by atoms with Crippen LogP contribution in [-0.4, -0.2) is 28.2 Å². The summed E-state index contributed by atoms with van der Waals surface area (Å²) in [6.45, 7) is 0.126.